The highest BCUT2D eigenvalue weighted by atomic mass is 16.6. The first-order valence-corrected chi connectivity index (χ1v) is 8.08. The molecule has 0 radical (unpaired) electrons. The molecule has 138 valence electrons. The Morgan fingerprint density at radius 2 is 1.96 bits per heavy atom. The van der Waals surface area contributed by atoms with Crippen LogP contribution >= 0.6 is 0 Å². The van der Waals surface area contributed by atoms with Gasteiger partial charge in [-0.05, 0) is 22.4 Å². The number of amides is 1. The summed E-state index contributed by atoms with van der Waals surface area (Å²) in [4.78, 5) is 16.7. The molecule has 0 aliphatic heterocycles. The number of nitrogens with one attached hydrogen (secondary N) is 1. The van der Waals surface area contributed by atoms with Crippen molar-refractivity contribution in [2.24, 2.45) is 5.10 Å². The van der Waals surface area contributed by atoms with Crippen LogP contribution in [0.2, 0.25) is 0 Å². The molecule has 0 aliphatic rings. The van der Waals surface area contributed by atoms with Crippen molar-refractivity contribution >= 4 is 17.9 Å². The summed E-state index contributed by atoms with van der Waals surface area (Å²) in [6.45, 7) is 0. The van der Waals surface area contributed by atoms with Gasteiger partial charge in [0.15, 0.2) is 5.69 Å². The van der Waals surface area contributed by atoms with E-state index >= 15 is 0 Å². The lowest BCUT2D eigenvalue weighted by Gasteiger charge is -2.05. The first-order chi connectivity index (χ1) is 13.7. The van der Waals surface area contributed by atoms with Crippen molar-refractivity contribution in [2.45, 2.75) is 0 Å². The van der Waals surface area contributed by atoms with Crippen LogP contribution in [-0.4, -0.2) is 42.4 Å². The predicted octanol–water partition coefficient (Wildman–Crippen LogP) is 1.06. The molecule has 3 N–H and O–H groups in total. The quantitative estimate of drug-likeness (QED) is 0.388. The molecule has 3 heterocycles. The molecular formula is C17H13N9O2. The molecule has 4 rings (SSSR count). The van der Waals surface area contributed by atoms with Crippen LogP contribution in [0, 0.1) is 0 Å². The van der Waals surface area contributed by atoms with E-state index in [0.29, 0.717) is 17.0 Å². The van der Waals surface area contributed by atoms with Gasteiger partial charge in [0, 0.05) is 11.8 Å². The Morgan fingerprint density at radius 3 is 2.68 bits per heavy atom. The number of nitrogen functional groups attached to an aromatic ring is 1. The van der Waals surface area contributed by atoms with Crippen LogP contribution in [0.15, 0.2) is 64.5 Å². The minimum atomic E-state index is -0.563. The van der Waals surface area contributed by atoms with Crippen molar-refractivity contribution in [3.8, 4) is 17.1 Å². The van der Waals surface area contributed by atoms with Crippen LogP contribution < -0.4 is 11.2 Å². The summed E-state index contributed by atoms with van der Waals surface area (Å²) in [6.07, 6.45) is 3.04. The van der Waals surface area contributed by atoms with E-state index in [4.69, 9.17) is 5.73 Å². The topological polar surface area (TPSA) is 150 Å². The number of nitrogens with two attached hydrogens (primary N) is 1. The summed E-state index contributed by atoms with van der Waals surface area (Å²) in [7, 11) is 0. The van der Waals surface area contributed by atoms with Crippen molar-refractivity contribution in [1.82, 2.24) is 35.7 Å². The van der Waals surface area contributed by atoms with E-state index < -0.39 is 5.91 Å². The molecule has 0 spiro atoms. The minimum absolute atomic E-state index is 0.0159. The minimum Gasteiger partial charge on any atom is -0.378 e. The van der Waals surface area contributed by atoms with Crippen molar-refractivity contribution in [2.75, 3.05) is 5.73 Å². The van der Waals surface area contributed by atoms with Crippen molar-refractivity contribution in [1.29, 1.82) is 0 Å². The zero-order chi connectivity index (χ0) is 19.3. The Hall–Kier alpha value is -4.41. The van der Waals surface area contributed by atoms with Gasteiger partial charge < -0.3 is 5.73 Å². The second-order valence-electron chi connectivity index (χ2n) is 5.49. The third-order valence-corrected chi connectivity index (χ3v) is 3.68. The highest BCUT2D eigenvalue weighted by Gasteiger charge is 2.24. The molecule has 11 heteroatoms. The molecule has 1 amide bonds. The number of hydrogen-bond donors (Lipinski definition) is 2. The first kappa shape index (κ1) is 17.0. The lowest BCUT2D eigenvalue weighted by molar-refractivity contribution is 0.0950. The monoisotopic (exact) mass is 375 g/mol. The second-order valence-corrected chi connectivity index (χ2v) is 5.49. The van der Waals surface area contributed by atoms with E-state index in [1.165, 1.54) is 10.9 Å². The lowest BCUT2D eigenvalue weighted by atomic mass is 10.1. The van der Waals surface area contributed by atoms with E-state index in [-0.39, 0.29) is 17.3 Å². The molecule has 0 aliphatic carbocycles. The number of hydrogen-bond acceptors (Lipinski definition) is 9. The second kappa shape index (κ2) is 7.45. The van der Waals surface area contributed by atoms with Crippen LogP contribution in [-0.2, 0) is 0 Å². The van der Waals surface area contributed by atoms with Crippen LogP contribution in [0.3, 0.4) is 0 Å². The van der Waals surface area contributed by atoms with E-state index in [9.17, 15) is 4.79 Å². The molecule has 0 unspecified atom stereocenters. The molecule has 0 bridgehead atoms. The Labute approximate surface area is 157 Å². The van der Waals surface area contributed by atoms with Crippen LogP contribution in [0.5, 0.6) is 0 Å². The third kappa shape index (κ3) is 3.31. The fraction of sp³-hybridized carbons (Fsp3) is 0. The maximum atomic E-state index is 12.6. The number of anilines is 1. The van der Waals surface area contributed by atoms with E-state index in [0.717, 1.165) is 0 Å². The summed E-state index contributed by atoms with van der Waals surface area (Å²) in [6, 6.07) is 14.4. The number of carbonyl (C=O) groups excluding carboxylic acids is 1. The highest BCUT2D eigenvalue weighted by molar-refractivity contribution is 5.98. The lowest BCUT2D eigenvalue weighted by Crippen LogP contribution is -2.19. The van der Waals surface area contributed by atoms with Gasteiger partial charge >= 0.3 is 0 Å². The maximum absolute atomic E-state index is 12.6. The molecule has 0 atom stereocenters. The number of aromatic nitrogens is 6. The Balaban J connectivity index is 1.69. The molecule has 4 aromatic rings. The van der Waals surface area contributed by atoms with Gasteiger partial charge in [0.25, 0.3) is 5.91 Å². The highest BCUT2D eigenvalue weighted by Crippen LogP contribution is 2.26. The van der Waals surface area contributed by atoms with Gasteiger partial charge in [-0.25, -0.2) is 10.1 Å². The fourth-order valence-corrected chi connectivity index (χ4v) is 2.44. The Bertz CT molecular complexity index is 1120. The fourth-order valence-electron chi connectivity index (χ4n) is 2.44. The molecule has 0 saturated carbocycles. The molecule has 0 saturated heterocycles. The van der Waals surface area contributed by atoms with Gasteiger partial charge in [0.05, 0.1) is 11.9 Å². The number of carbonyl (C=O) groups is 1. The summed E-state index contributed by atoms with van der Waals surface area (Å²) in [5.74, 6) is -0.420. The van der Waals surface area contributed by atoms with Gasteiger partial charge in [-0.15, -0.1) is 5.10 Å². The van der Waals surface area contributed by atoms with Crippen LogP contribution in [0.25, 0.3) is 17.1 Å². The number of hydrazone groups is 1. The smallest absolute Gasteiger partial charge is 0.294 e. The average Bonchev–Trinajstić information content (AvgIpc) is 3.35. The average molecular weight is 375 g/mol. The van der Waals surface area contributed by atoms with Crippen molar-refractivity contribution in [3.63, 3.8) is 0 Å². The predicted molar refractivity (Wildman–Crippen MR) is 98.4 cm³/mol. The number of rotatable bonds is 5. The molecule has 1 aromatic carbocycles. The Morgan fingerprint density at radius 1 is 1.14 bits per heavy atom. The van der Waals surface area contributed by atoms with E-state index in [1.807, 2.05) is 24.3 Å². The van der Waals surface area contributed by atoms with Crippen LogP contribution in [0.1, 0.15) is 16.2 Å². The third-order valence-electron chi connectivity index (χ3n) is 3.68. The number of pyridine rings is 1. The molecular weight excluding hydrogens is 362 g/mol. The standard InChI is InChI=1S/C17H13N9O2/c18-15-16(24-28-23-15)26-14(11-6-2-1-3-7-11)13(21-25-26)17(27)22-20-10-12-8-4-5-9-19-12/h1-10H,(H2,18,23)(H,22,27)/b20-10-. The van der Waals surface area contributed by atoms with Gasteiger partial charge in [-0.3, -0.25) is 9.78 Å². The molecule has 3 aromatic heterocycles. The first-order valence-electron chi connectivity index (χ1n) is 8.08. The Kier molecular flexibility index (Phi) is 4.53. The van der Waals surface area contributed by atoms with E-state index in [2.05, 4.69) is 40.8 Å². The molecule has 11 nitrogen and oxygen atoms in total. The summed E-state index contributed by atoms with van der Waals surface area (Å²) in [5, 5.41) is 19.1. The number of nitrogens with zero attached hydrogens (tertiary/aromatic N) is 7. The van der Waals surface area contributed by atoms with E-state index in [1.54, 1.807) is 30.5 Å². The van der Waals surface area contributed by atoms with Crippen molar-refractivity contribution in [3.05, 3.63) is 66.1 Å². The van der Waals surface area contributed by atoms with Gasteiger partial charge in [-0.1, -0.05) is 41.6 Å². The van der Waals surface area contributed by atoms with Gasteiger partial charge in [0.1, 0.15) is 5.69 Å². The SMILES string of the molecule is Nc1nonc1-n1nnc(C(=O)N/N=C\c2ccccn2)c1-c1ccccc1. The van der Waals surface area contributed by atoms with Crippen LogP contribution in [0.4, 0.5) is 5.82 Å². The summed E-state index contributed by atoms with van der Waals surface area (Å²) < 4.78 is 5.92. The maximum Gasteiger partial charge on any atom is 0.294 e. The number of benzene rings is 1. The molecule has 28 heavy (non-hydrogen) atoms. The summed E-state index contributed by atoms with van der Waals surface area (Å²) in [5.41, 5.74) is 9.85. The van der Waals surface area contributed by atoms with Crippen molar-refractivity contribution < 1.29 is 9.42 Å². The summed E-state index contributed by atoms with van der Waals surface area (Å²) >= 11 is 0. The zero-order valence-electron chi connectivity index (χ0n) is 14.3. The zero-order valence-corrected chi connectivity index (χ0v) is 14.3. The van der Waals surface area contributed by atoms with Gasteiger partial charge in [0.2, 0.25) is 11.6 Å². The molecule has 0 fully saturated rings. The largest absolute Gasteiger partial charge is 0.378 e. The normalized spacial score (nSPS) is 11.0. The van der Waals surface area contributed by atoms with Gasteiger partial charge in [-0.2, -0.15) is 9.78 Å².